The summed E-state index contributed by atoms with van der Waals surface area (Å²) in [6, 6.07) is 21.0. The van der Waals surface area contributed by atoms with Crippen molar-refractivity contribution >= 4 is 45.3 Å². The first-order valence-electron chi connectivity index (χ1n) is 12.3. The molecule has 0 aromatic heterocycles. The standard InChI is InChI=1S/C29H29N3O4S/c1-19-25(28(34)36-16-15-35-2)26(32-14-5-17-37-29(32)30-19)21-10-12-24(13-11-21)31-27(33)23-9-8-20-6-3-4-7-22(20)18-23/h3-4,6-13,18,26H,5,14-17H2,1-2H3,(H,31,33)/t26-/m1/s1. The minimum atomic E-state index is -0.383. The molecule has 3 aromatic carbocycles. The molecular weight excluding hydrogens is 486 g/mol. The van der Waals surface area contributed by atoms with E-state index in [1.165, 1.54) is 0 Å². The van der Waals surface area contributed by atoms with Gasteiger partial charge >= 0.3 is 5.97 Å². The minimum Gasteiger partial charge on any atom is -0.460 e. The van der Waals surface area contributed by atoms with E-state index in [2.05, 4.69) is 10.2 Å². The molecule has 2 aliphatic heterocycles. The molecule has 1 saturated heterocycles. The van der Waals surface area contributed by atoms with Crippen molar-refractivity contribution in [3.8, 4) is 0 Å². The van der Waals surface area contributed by atoms with E-state index in [0.29, 0.717) is 29.1 Å². The summed E-state index contributed by atoms with van der Waals surface area (Å²) in [5.74, 6) is 0.450. The fourth-order valence-corrected chi connectivity index (χ4v) is 5.67. The molecule has 0 unspecified atom stereocenters. The number of hydrogen-bond donors (Lipinski definition) is 1. The highest BCUT2D eigenvalue weighted by molar-refractivity contribution is 8.13. The first-order chi connectivity index (χ1) is 18.0. The van der Waals surface area contributed by atoms with Crippen LogP contribution in [-0.4, -0.2) is 54.6 Å². The Hall–Kier alpha value is -3.62. The Morgan fingerprint density at radius 3 is 2.62 bits per heavy atom. The second-order valence-corrected chi connectivity index (χ2v) is 10.0. The van der Waals surface area contributed by atoms with Crippen molar-refractivity contribution < 1.29 is 19.1 Å². The van der Waals surface area contributed by atoms with Gasteiger partial charge in [0.15, 0.2) is 5.17 Å². The van der Waals surface area contributed by atoms with E-state index in [4.69, 9.17) is 14.5 Å². The lowest BCUT2D eigenvalue weighted by Crippen LogP contribution is -2.42. The van der Waals surface area contributed by atoms with Gasteiger partial charge in [-0.15, -0.1) is 0 Å². The molecule has 1 amide bonds. The van der Waals surface area contributed by atoms with Crippen LogP contribution >= 0.6 is 11.8 Å². The first-order valence-corrected chi connectivity index (χ1v) is 13.3. The monoisotopic (exact) mass is 515 g/mol. The van der Waals surface area contributed by atoms with Gasteiger partial charge in [0.25, 0.3) is 5.91 Å². The van der Waals surface area contributed by atoms with Crippen LogP contribution in [0.4, 0.5) is 5.69 Å². The Labute approximate surface area is 220 Å². The largest absolute Gasteiger partial charge is 0.460 e. The fraction of sp³-hybridized carbons (Fsp3) is 0.276. The van der Waals surface area contributed by atoms with Crippen LogP contribution in [0.25, 0.3) is 10.8 Å². The normalized spacial score (nSPS) is 17.3. The number of aliphatic imine (C=N–C) groups is 1. The number of allylic oxidation sites excluding steroid dienone is 1. The molecule has 0 spiro atoms. The van der Waals surface area contributed by atoms with E-state index in [1.54, 1.807) is 18.9 Å². The molecule has 0 radical (unpaired) electrons. The molecule has 0 bridgehead atoms. The second-order valence-electron chi connectivity index (χ2n) is 8.96. The maximum absolute atomic E-state index is 13.1. The Kier molecular flexibility index (Phi) is 7.58. The second kappa shape index (κ2) is 11.2. The van der Waals surface area contributed by atoms with Crippen LogP contribution in [-0.2, 0) is 14.3 Å². The lowest BCUT2D eigenvalue weighted by atomic mass is 9.94. The Morgan fingerprint density at radius 1 is 1.05 bits per heavy atom. The SMILES string of the molecule is COCCOC(=O)C1=C(C)N=C2SCCCN2[C@@H]1c1ccc(NC(=O)c2ccc3ccccc3c2)cc1. The highest BCUT2D eigenvalue weighted by atomic mass is 32.2. The molecular formula is C29H29N3O4S. The van der Waals surface area contributed by atoms with Crippen molar-refractivity contribution in [2.45, 2.75) is 19.4 Å². The molecule has 0 saturated carbocycles. The van der Waals surface area contributed by atoms with Crippen LogP contribution < -0.4 is 5.32 Å². The number of esters is 1. The maximum Gasteiger partial charge on any atom is 0.338 e. The number of methoxy groups -OCH3 is 1. The topological polar surface area (TPSA) is 80.2 Å². The van der Waals surface area contributed by atoms with Crippen LogP contribution in [0.15, 0.2) is 83.0 Å². The average Bonchev–Trinajstić information content (AvgIpc) is 2.92. The van der Waals surface area contributed by atoms with Gasteiger partial charge in [-0.2, -0.15) is 0 Å². The number of fused-ring (bicyclic) bond motifs is 2. The third-order valence-corrected chi connectivity index (χ3v) is 7.57. The first kappa shape index (κ1) is 25.0. The number of nitrogens with one attached hydrogen (secondary N) is 1. The molecule has 7 nitrogen and oxygen atoms in total. The zero-order valence-electron chi connectivity index (χ0n) is 20.9. The van der Waals surface area contributed by atoms with E-state index in [0.717, 1.165) is 40.2 Å². The van der Waals surface area contributed by atoms with Gasteiger partial charge < -0.3 is 19.7 Å². The highest BCUT2D eigenvalue weighted by Gasteiger charge is 2.37. The molecule has 8 heteroatoms. The van der Waals surface area contributed by atoms with Crippen molar-refractivity contribution in [2.24, 2.45) is 4.99 Å². The molecule has 5 rings (SSSR count). The molecule has 1 fully saturated rings. The summed E-state index contributed by atoms with van der Waals surface area (Å²) >= 11 is 1.71. The van der Waals surface area contributed by atoms with Gasteiger partial charge in [-0.1, -0.05) is 54.2 Å². The van der Waals surface area contributed by atoms with Crippen molar-refractivity contribution in [3.63, 3.8) is 0 Å². The smallest absolute Gasteiger partial charge is 0.338 e. The van der Waals surface area contributed by atoms with Crippen LogP contribution in [0, 0.1) is 0 Å². The van der Waals surface area contributed by atoms with E-state index >= 15 is 0 Å². The Morgan fingerprint density at radius 2 is 1.84 bits per heavy atom. The van der Waals surface area contributed by atoms with Crippen LogP contribution in [0.5, 0.6) is 0 Å². The zero-order valence-corrected chi connectivity index (χ0v) is 21.7. The predicted octanol–water partition coefficient (Wildman–Crippen LogP) is 5.41. The highest BCUT2D eigenvalue weighted by Crippen LogP contribution is 2.40. The summed E-state index contributed by atoms with van der Waals surface area (Å²) < 4.78 is 10.5. The van der Waals surface area contributed by atoms with Crippen molar-refractivity contribution in [1.82, 2.24) is 4.90 Å². The fourth-order valence-electron chi connectivity index (χ4n) is 4.65. The molecule has 1 N–H and O–H groups in total. The number of benzene rings is 3. The Bertz CT molecular complexity index is 1380. The number of amidine groups is 1. The summed E-state index contributed by atoms with van der Waals surface area (Å²) in [4.78, 5) is 32.9. The van der Waals surface area contributed by atoms with Gasteiger partial charge in [-0.3, -0.25) is 4.79 Å². The average molecular weight is 516 g/mol. The maximum atomic E-state index is 13.1. The number of thioether (sulfide) groups is 1. The summed E-state index contributed by atoms with van der Waals surface area (Å²) in [6.07, 6.45) is 1.01. The lowest BCUT2D eigenvalue weighted by molar-refractivity contribution is -0.141. The molecule has 2 aliphatic rings. The third-order valence-electron chi connectivity index (χ3n) is 6.49. The summed E-state index contributed by atoms with van der Waals surface area (Å²) in [7, 11) is 1.57. The van der Waals surface area contributed by atoms with E-state index < -0.39 is 0 Å². The van der Waals surface area contributed by atoms with Gasteiger partial charge in [-0.25, -0.2) is 9.79 Å². The summed E-state index contributed by atoms with van der Waals surface area (Å²) in [5.41, 5.74) is 3.43. The number of nitrogens with zero attached hydrogens (tertiary/aromatic N) is 2. The minimum absolute atomic E-state index is 0.170. The predicted molar refractivity (Wildman–Crippen MR) is 148 cm³/mol. The molecule has 1 atom stereocenters. The molecule has 3 aromatic rings. The van der Waals surface area contributed by atoms with E-state index in [1.807, 2.05) is 73.7 Å². The van der Waals surface area contributed by atoms with Crippen molar-refractivity contribution in [1.29, 1.82) is 0 Å². The lowest BCUT2D eigenvalue weighted by Gasteiger charge is -2.40. The van der Waals surface area contributed by atoms with Crippen LogP contribution in [0.2, 0.25) is 0 Å². The van der Waals surface area contributed by atoms with Gasteiger partial charge in [0, 0.05) is 30.7 Å². The van der Waals surface area contributed by atoms with Crippen LogP contribution in [0.3, 0.4) is 0 Å². The number of amides is 1. The van der Waals surface area contributed by atoms with Crippen molar-refractivity contribution in [2.75, 3.05) is 37.9 Å². The molecule has 190 valence electrons. The number of rotatable bonds is 7. The number of carbonyl (C=O) groups excluding carboxylic acids is 2. The Balaban J connectivity index is 1.38. The molecule has 0 aliphatic carbocycles. The molecule has 2 heterocycles. The number of anilines is 1. The van der Waals surface area contributed by atoms with Gasteiger partial charge in [0.2, 0.25) is 0 Å². The quantitative estimate of drug-likeness (QED) is 0.335. The van der Waals surface area contributed by atoms with E-state index in [-0.39, 0.29) is 24.5 Å². The summed E-state index contributed by atoms with van der Waals surface area (Å²) in [5, 5.41) is 6.03. The van der Waals surface area contributed by atoms with Gasteiger partial charge in [-0.05, 0) is 53.9 Å². The van der Waals surface area contributed by atoms with E-state index in [9.17, 15) is 9.59 Å². The number of carbonyl (C=O) groups is 2. The number of ether oxygens (including phenoxy) is 2. The van der Waals surface area contributed by atoms with Gasteiger partial charge in [0.1, 0.15) is 6.61 Å². The summed E-state index contributed by atoms with van der Waals surface area (Å²) in [6.45, 7) is 3.18. The zero-order chi connectivity index (χ0) is 25.8. The molecule has 37 heavy (non-hydrogen) atoms. The van der Waals surface area contributed by atoms with Crippen LogP contribution in [0.1, 0.15) is 35.3 Å². The van der Waals surface area contributed by atoms with Gasteiger partial charge in [0.05, 0.1) is 23.9 Å². The third kappa shape index (κ3) is 5.40. The number of hydrogen-bond acceptors (Lipinski definition) is 7. The van der Waals surface area contributed by atoms with Crippen molar-refractivity contribution in [3.05, 3.63) is 89.1 Å².